The van der Waals surface area contributed by atoms with Crippen molar-refractivity contribution in [1.29, 1.82) is 0 Å². The van der Waals surface area contributed by atoms with Gasteiger partial charge in [-0.05, 0) is 63.5 Å². The first-order chi connectivity index (χ1) is 13.7. The molecule has 1 aromatic rings. The maximum atomic E-state index is 12.9. The van der Waals surface area contributed by atoms with Crippen LogP contribution in [-0.2, 0) is 27.3 Å². The fourth-order valence-electron chi connectivity index (χ4n) is 3.81. The molecule has 2 rings (SSSR count). The van der Waals surface area contributed by atoms with Crippen molar-refractivity contribution in [3.8, 4) is 0 Å². The number of nitrogens with zero attached hydrogens (tertiary/aromatic N) is 1. The third-order valence-electron chi connectivity index (χ3n) is 5.07. The van der Waals surface area contributed by atoms with Crippen LogP contribution in [0.2, 0.25) is 5.02 Å². The monoisotopic (exact) mass is 457 g/mol. The molecule has 0 amide bonds. The number of Topliss-reactive ketones (excluding diaryl/α,β-unsaturated/α-hetero) is 2. The van der Waals surface area contributed by atoms with Gasteiger partial charge >= 0.3 is 5.97 Å². The second-order valence-electron chi connectivity index (χ2n) is 9.55. The van der Waals surface area contributed by atoms with Gasteiger partial charge < -0.3 is 9.30 Å². The number of fused-ring (bicyclic) bond motifs is 1. The highest BCUT2D eigenvalue weighted by atomic mass is 35.5. The van der Waals surface area contributed by atoms with Crippen molar-refractivity contribution in [1.82, 2.24) is 4.57 Å². The highest BCUT2D eigenvalue weighted by molar-refractivity contribution is 6.69. The van der Waals surface area contributed by atoms with Crippen LogP contribution in [0.1, 0.15) is 93.3 Å². The molecule has 0 spiro atoms. The Hall–Kier alpha value is -1.66. The summed E-state index contributed by atoms with van der Waals surface area (Å²) in [6.07, 6.45) is 2.74. The van der Waals surface area contributed by atoms with Gasteiger partial charge in [-0.25, -0.2) is 0 Å². The van der Waals surface area contributed by atoms with Crippen molar-refractivity contribution >= 4 is 46.0 Å². The minimum absolute atomic E-state index is 0.0150. The number of hydrogen-bond donors (Lipinski definition) is 0. The molecule has 0 N–H and O–H groups in total. The van der Waals surface area contributed by atoms with Crippen molar-refractivity contribution < 1.29 is 23.9 Å². The summed E-state index contributed by atoms with van der Waals surface area (Å²) in [6.45, 7) is 9.71. The molecule has 0 aromatic carbocycles. The average molecular weight is 458 g/mol. The first-order valence-corrected chi connectivity index (χ1v) is 10.9. The Morgan fingerprint density at radius 1 is 1.10 bits per heavy atom. The Balaban J connectivity index is 2.04. The van der Waals surface area contributed by atoms with Crippen LogP contribution in [-0.4, -0.2) is 32.9 Å². The van der Waals surface area contributed by atoms with E-state index in [0.29, 0.717) is 31.5 Å². The lowest BCUT2D eigenvalue weighted by molar-refractivity contribution is -0.155. The van der Waals surface area contributed by atoms with Crippen molar-refractivity contribution in [3.63, 3.8) is 0 Å². The van der Waals surface area contributed by atoms with Gasteiger partial charge in [-0.3, -0.25) is 19.2 Å². The molecule has 0 aliphatic carbocycles. The number of hydrogen-bond acceptors (Lipinski definition) is 5. The summed E-state index contributed by atoms with van der Waals surface area (Å²) in [5, 5.41) is -0.759. The van der Waals surface area contributed by atoms with Gasteiger partial charge in [0.25, 0.3) is 5.24 Å². The Kier molecular flexibility index (Phi) is 7.57. The van der Waals surface area contributed by atoms with Crippen LogP contribution in [0, 0.1) is 5.41 Å². The maximum absolute atomic E-state index is 12.9. The van der Waals surface area contributed by atoms with E-state index in [4.69, 9.17) is 27.9 Å². The van der Waals surface area contributed by atoms with Crippen molar-refractivity contribution in [3.05, 3.63) is 22.0 Å². The number of aromatic nitrogens is 1. The minimum Gasteiger partial charge on any atom is -0.460 e. The smallest absolute Gasteiger partial charge is 0.306 e. The highest BCUT2D eigenvalue weighted by Gasteiger charge is 2.35. The Labute approximate surface area is 187 Å². The zero-order chi connectivity index (χ0) is 22.9. The Bertz CT molecular complexity index is 877. The molecule has 0 radical (unpaired) electrons. The summed E-state index contributed by atoms with van der Waals surface area (Å²) < 4.78 is 6.94. The number of esters is 1. The third-order valence-corrected chi connectivity index (χ3v) is 5.62. The quantitative estimate of drug-likeness (QED) is 0.221. The summed E-state index contributed by atoms with van der Waals surface area (Å²) >= 11 is 11.9. The predicted octanol–water partition coefficient (Wildman–Crippen LogP) is 5.15. The zero-order valence-electron chi connectivity index (χ0n) is 18.2. The van der Waals surface area contributed by atoms with Gasteiger partial charge in [0.05, 0.1) is 10.6 Å². The standard InChI is InChI=1S/C22H29Cl2NO5/c1-21(2,3)30-15(27)9-6-10-22(4,5)12-14(26)19(28)18-17(23)16(20(24)29)13-8-7-11-25(13)18/h6-12H2,1-5H3. The largest absolute Gasteiger partial charge is 0.460 e. The van der Waals surface area contributed by atoms with E-state index in [1.807, 2.05) is 34.6 Å². The number of carbonyl (C=O) groups is 4. The molecular formula is C22H29Cl2NO5. The number of ketones is 2. The minimum atomic E-state index is -0.723. The molecule has 0 saturated carbocycles. The van der Waals surface area contributed by atoms with Crippen LogP contribution in [0.5, 0.6) is 0 Å². The lowest BCUT2D eigenvalue weighted by atomic mass is 9.81. The van der Waals surface area contributed by atoms with Crippen LogP contribution >= 0.6 is 23.2 Å². The van der Waals surface area contributed by atoms with Gasteiger partial charge in [-0.2, -0.15) is 0 Å². The van der Waals surface area contributed by atoms with E-state index in [-0.39, 0.29) is 35.1 Å². The van der Waals surface area contributed by atoms with Gasteiger partial charge in [0.15, 0.2) is 0 Å². The predicted molar refractivity (Wildman–Crippen MR) is 115 cm³/mol. The van der Waals surface area contributed by atoms with E-state index in [0.717, 1.165) is 6.42 Å². The van der Waals surface area contributed by atoms with E-state index < -0.39 is 27.8 Å². The molecule has 2 heterocycles. The van der Waals surface area contributed by atoms with E-state index in [1.54, 1.807) is 4.57 Å². The normalized spacial score (nSPS) is 13.8. The lowest BCUT2D eigenvalue weighted by Crippen LogP contribution is -2.26. The molecule has 1 aliphatic rings. The van der Waals surface area contributed by atoms with Crippen molar-refractivity contribution in [2.24, 2.45) is 5.41 Å². The summed E-state index contributed by atoms with van der Waals surface area (Å²) in [6, 6.07) is 0. The van der Waals surface area contributed by atoms with Crippen molar-refractivity contribution in [2.75, 3.05) is 0 Å². The van der Waals surface area contributed by atoms with E-state index in [9.17, 15) is 19.2 Å². The summed E-state index contributed by atoms with van der Waals surface area (Å²) in [5.41, 5.74) is -0.207. The molecule has 0 fully saturated rings. The second kappa shape index (κ2) is 9.23. The highest BCUT2D eigenvalue weighted by Crippen LogP contribution is 2.36. The molecule has 0 bridgehead atoms. The number of rotatable bonds is 9. The van der Waals surface area contributed by atoms with E-state index in [2.05, 4.69) is 0 Å². The summed E-state index contributed by atoms with van der Waals surface area (Å²) in [5.74, 6) is -1.55. The van der Waals surface area contributed by atoms with E-state index >= 15 is 0 Å². The first-order valence-electron chi connectivity index (χ1n) is 10.1. The van der Waals surface area contributed by atoms with Crippen LogP contribution in [0.15, 0.2) is 0 Å². The molecule has 1 aliphatic heterocycles. The number of carbonyl (C=O) groups excluding carboxylic acids is 4. The SMILES string of the molecule is CC(C)(CCCC(=O)OC(C)(C)C)CC(=O)C(=O)c1c(Cl)c(C(=O)Cl)c2n1CCC2. The molecular weight excluding hydrogens is 429 g/mol. The summed E-state index contributed by atoms with van der Waals surface area (Å²) in [7, 11) is 0. The topological polar surface area (TPSA) is 82.4 Å². The van der Waals surface area contributed by atoms with Gasteiger partial charge in [0, 0.05) is 25.1 Å². The fourth-order valence-corrected chi connectivity index (χ4v) is 4.44. The zero-order valence-corrected chi connectivity index (χ0v) is 19.7. The maximum Gasteiger partial charge on any atom is 0.306 e. The van der Waals surface area contributed by atoms with Crippen LogP contribution in [0.4, 0.5) is 0 Å². The molecule has 1 aromatic heterocycles. The van der Waals surface area contributed by atoms with Gasteiger partial charge in [0.2, 0.25) is 11.6 Å². The second-order valence-corrected chi connectivity index (χ2v) is 10.3. The van der Waals surface area contributed by atoms with E-state index in [1.165, 1.54) is 0 Å². The van der Waals surface area contributed by atoms with Crippen LogP contribution in [0.3, 0.4) is 0 Å². The Morgan fingerprint density at radius 2 is 1.73 bits per heavy atom. The third kappa shape index (κ3) is 5.94. The van der Waals surface area contributed by atoms with Crippen molar-refractivity contribution in [2.45, 2.75) is 85.3 Å². The number of ether oxygens (including phenoxy) is 1. The van der Waals surface area contributed by atoms with Gasteiger partial charge in [0.1, 0.15) is 11.3 Å². The molecule has 6 nitrogen and oxygen atoms in total. The molecule has 166 valence electrons. The first kappa shape index (κ1) is 24.6. The molecule has 30 heavy (non-hydrogen) atoms. The Morgan fingerprint density at radius 3 is 2.30 bits per heavy atom. The molecule has 0 unspecified atom stereocenters. The average Bonchev–Trinajstić information content (AvgIpc) is 3.10. The summed E-state index contributed by atoms with van der Waals surface area (Å²) in [4.78, 5) is 49.3. The van der Waals surface area contributed by atoms with Crippen LogP contribution in [0.25, 0.3) is 0 Å². The molecule has 0 saturated heterocycles. The van der Waals surface area contributed by atoms with Crippen LogP contribution < -0.4 is 0 Å². The lowest BCUT2D eigenvalue weighted by Gasteiger charge is -2.24. The molecule has 8 heteroatoms. The van der Waals surface area contributed by atoms with Gasteiger partial charge in [-0.1, -0.05) is 25.4 Å². The fraction of sp³-hybridized carbons (Fsp3) is 0.636. The molecule has 0 atom stereocenters. The van der Waals surface area contributed by atoms with Gasteiger partial charge in [-0.15, -0.1) is 0 Å². The number of halogens is 2.